The molecule has 0 N–H and O–H groups in total. The van der Waals surface area contributed by atoms with Crippen LogP contribution >= 0.6 is 10.5 Å². The summed E-state index contributed by atoms with van der Waals surface area (Å²) in [5.74, 6) is 0. The Morgan fingerprint density at radius 2 is 1.26 bits per heavy atom. The molecule has 0 saturated heterocycles. The summed E-state index contributed by atoms with van der Waals surface area (Å²) >= 11 is 0. The minimum Gasteiger partial charge on any atom is -0.418 e. The summed E-state index contributed by atoms with van der Waals surface area (Å²) in [4.78, 5) is 2.81. The van der Waals surface area contributed by atoms with Gasteiger partial charge in [-0.2, -0.15) is 0 Å². The lowest BCUT2D eigenvalue weighted by molar-refractivity contribution is 0.368. The molecule has 1 heterocycles. The molecule has 1 atom stereocenters. The van der Waals surface area contributed by atoms with Crippen molar-refractivity contribution in [2.75, 3.05) is 0 Å². The molecular weight excluding hydrogens is 371 g/mol. The summed E-state index contributed by atoms with van der Waals surface area (Å²) < 4.78 is 40.4. The van der Waals surface area contributed by atoms with E-state index >= 15 is 0 Å². The van der Waals surface area contributed by atoms with Crippen molar-refractivity contribution in [1.29, 1.82) is 0 Å². The molecule has 0 aliphatic heterocycles. The van der Waals surface area contributed by atoms with E-state index in [0.717, 1.165) is 0 Å². The summed E-state index contributed by atoms with van der Waals surface area (Å²) in [5, 5.41) is 1.35. The van der Waals surface area contributed by atoms with E-state index in [0.29, 0.717) is 0 Å². The van der Waals surface area contributed by atoms with Crippen molar-refractivity contribution in [3.8, 4) is 15.3 Å². The fraction of sp³-hybridized carbons (Fsp3) is 0.0476. The second-order valence-electron chi connectivity index (χ2n) is 6.03. The maximum atomic E-state index is 9.75. The fourth-order valence-electron chi connectivity index (χ4n) is 2.83. The van der Waals surface area contributed by atoms with Gasteiger partial charge in [-0.25, -0.2) is 0 Å². The van der Waals surface area contributed by atoms with Crippen LogP contribution in [0.25, 0.3) is 25.4 Å². The normalized spacial score (nSPS) is 11.8. The highest BCUT2D eigenvalue weighted by molar-refractivity contribution is 7.47. The van der Waals surface area contributed by atoms with Crippen LogP contribution in [0.3, 0.4) is 0 Å². The van der Waals surface area contributed by atoms with E-state index in [1.165, 1.54) is 31.0 Å². The maximum absolute atomic E-state index is 9.75. The first-order chi connectivity index (χ1) is 12.8. The number of aryl methyl sites for hydroxylation is 1. The van der Waals surface area contributed by atoms with Crippen molar-refractivity contribution in [3.05, 3.63) is 90.5 Å². The molecule has 0 aliphatic rings. The third-order valence-corrected chi connectivity index (χ3v) is 6.31. The lowest BCUT2D eigenvalue weighted by Gasteiger charge is -1.99. The molecular formula is C21H17BF4S. The van der Waals surface area contributed by atoms with Gasteiger partial charge in [0.25, 0.3) is 0 Å². The zero-order chi connectivity index (χ0) is 19.4. The first kappa shape index (κ1) is 19.2. The minimum absolute atomic E-state index is 0.000115. The Morgan fingerprint density at radius 1 is 0.704 bits per heavy atom. The Kier molecular flexibility index (Phi) is 5.66. The van der Waals surface area contributed by atoms with Crippen LogP contribution in [0.5, 0.6) is 0 Å². The number of rotatable bonds is 2. The SMILES string of the molecule is Cc1ccc(-c2cc3ccccc3[s+]2-c2ccccc2)cc1.F[B-](F)(F)F. The zero-order valence-electron chi connectivity index (χ0n) is 14.6. The molecule has 4 rings (SSSR count). The van der Waals surface area contributed by atoms with Gasteiger partial charge in [-0.05, 0) is 43.3 Å². The molecule has 0 bridgehead atoms. The van der Waals surface area contributed by atoms with E-state index in [1.54, 1.807) is 0 Å². The quantitative estimate of drug-likeness (QED) is 0.186. The molecule has 0 aliphatic carbocycles. The molecule has 0 spiro atoms. The number of hydrogen-bond donors (Lipinski definition) is 0. The molecule has 6 heteroatoms. The van der Waals surface area contributed by atoms with Crippen LogP contribution in [0.1, 0.15) is 5.56 Å². The van der Waals surface area contributed by atoms with Crippen LogP contribution in [0.2, 0.25) is 0 Å². The molecule has 0 saturated carbocycles. The van der Waals surface area contributed by atoms with Gasteiger partial charge in [0, 0.05) is 27.5 Å². The monoisotopic (exact) mass is 388 g/mol. The number of thiophene rings is 1. The van der Waals surface area contributed by atoms with Crippen molar-refractivity contribution in [1.82, 2.24) is 0 Å². The first-order valence-electron chi connectivity index (χ1n) is 8.37. The van der Waals surface area contributed by atoms with Crippen LogP contribution in [-0.4, -0.2) is 7.25 Å². The van der Waals surface area contributed by atoms with Crippen LogP contribution in [-0.2, 0) is 0 Å². The Balaban J connectivity index is 0.000000376. The molecule has 1 unspecified atom stereocenters. The van der Waals surface area contributed by atoms with Crippen LogP contribution < -0.4 is 0 Å². The van der Waals surface area contributed by atoms with Crippen LogP contribution in [0.4, 0.5) is 17.3 Å². The second kappa shape index (κ2) is 7.97. The van der Waals surface area contributed by atoms with E-state index in [-0.39, 0.29) is 10.5 Å². The lowest BCUT2D eigenvalue weighted by atomic mass is 10.1. The molecule has 0 radical (unpaired) electrons. The zero-order valence-corrected chi connectivity index (χ0v) is 15.4. The third kappa shape index (κ3) is 4.98. The second-order valence-corrected chi connectivity index (χ2v) is 7.99. The number of halogens is 4. The highest BCUT2D eigenvalue weighted by Gasteiger charge is 2.24. The van der Waals surface area contributed by atoms with Crippen LogP contribution in [0.15, 0.2) is 84.9 Å². The van der Waals surface area contributed by atoms with E-state index in [4.69, 9.17) is 0 Å². The van der Waals surface area contributed by atoms with Crippen LogP contribution in [0, 0.1) is 6.92 Å². The lowest BCUT2D eigenvalue weighted by Crippen LogP contribution is -2.02. The molecule has 27 heavy (non-hydrogen) atoms. The van der Waals surface area contributed by atoms with E-state index < -0.39 is 7.25 Å². The largest absolute Gasteiger partial charge is 0.673 e. The third-order valence-electron chi connectivity index (χ3n) is 3.96. The van der Waals surface area contributed by atoms with Crippen molar-refractivity contribution in [3.63, 3.8) is 0 Å². The van der Waals surface area contributed by atoms with Crippen molar-refractivity contribution < 1.29 is 17.3 Å². The van der Waals surface area contributed by atoms with Gasteiger partial charge < -0.3 is 17.3 Å². The summed E-state index contributed by atoms with van der Waals surface area (Å²) in [7, 11) is -6.00. The van der Waals surface area contributed by atoms with E-state index in [9.17, 15) is 17.3 Å². The van der Waals surface area contributed by atoms with Gasteiger partial charge >= 0.3 is 7.25 Å². The predicted molar refractivity (Wildman–Crippen MR) is 108 cm³/mol. The summed E-state index contributed by atoms with van der Waals surface area (Å²) in [6.07, 6.45) is 0. The number of hydrogen-bond acceptors (Lipinski definition) is 0. The Labute approximate surface area is 158 Å². The molecule has 0 nitrogen and oxygen atoms in total. The van der Waals surface area contributed by atoms with Gasteiger partial charge in [0.1, 0.15) is 0 Å². The van der Waals surface area contributed by atoms with Crippen molar-refractivity contribution >= 4 is 27.8 Å². The van der Waals surface area contributed by atoms with Gasteiger partial charge in [0.2, 0.25) is 0 Å². The summed E-state index contributed by atoms with van der Waals surface area (Å²) in [6.45, 7) is 2.14. The first-order valence-corrected chi connectivity index (χ1v) is 9.60. The molecule has 138 valence electrons. The molecule has 4 aromatic rings. The maximum Gasteiger partial charge on any atom is 0.673 e. The number of fused-ring (bicyclic) bond motifs is 1. The average molecular weight is 388 g/mol. The minimum atomic E-state index is -6.00. The highest BCUT2D eigenvalue weighted by atomic mass is 32.2. The Hall–Kier alpha value is -2.60. The Morgan fingerprint density at radius 3 is 1.89 bits per heavy atom. The van der Waals surface area contributed by atoms with Crippen molar-refractivity contribution in [2.45, 2.75) is 6.92 Å². The standard InChI is InChI=1S/C21H17S.BF4/c1-16-11-13-17(14-12-16)21-15-18-7-5-6-10-20(18)22(21)19-8-3-2-4-9-19;2-1(3,4)5/h2-15H,1H3;/q+1;-1. The summed E-state index contributed by atoms with van der Waals surface area (Å²) in [5.41, 5.74) is 2.63. The average Bonchev–Trinajstić information content (AvgIpc) is 3.01. The van der Waals surface area contributed by atoms with Crippen molar-refractivity contribution in [2.24, 2.45) is 0 Å². The van der Waals surface area contributed by atoms with Gasteiger partial charge in [0.05, 0.1) is 0 Å². The van der Waals surface area contributed by atoms with Gasteiger partial charge in [0.15, 0.2) is 14.5 Å². The van der Waals surface area contributed by atoms with E-state index in [2.05, 4.69) is 91.9 Å². The van der Waals surface area contributed by atoms with Gasteiger partial charge in [-0.15, -0.1) is 0 Å². The molecule has 1 aromatic heterocycles. The van der Waals surface area contributed by atoms with Gasteiger partial charge in [-0.1, -0.05) is 48.0 Å². The fourth-order valence-corrected chi connectivity index (χ4v) is 5.20. The van der Waals surface area contributed by atoms with Gasteiger partial charge in [-0.3, -0.25) is 0 Å². The predicted octanol–water partition coefficient (Wildman–Crippen LogP) is 7.85. The summed E-state index contributed by atoms with van der Waals surface area (Å²) in [6, 6.07) is 30.9. The topological polar surface area (TPSA) is 0 Å². The smallest absolute Gasteiger partial charge is 0.418 e. The molecule has 0 amide bonds. The highest BCUT2D eigenvalue weighted by Crippen LogP contribution is 2.48. The Bertz CT molecular complexity index is 1020. The molecule has 0 fully saturated rings. The van der Waals surface area contributed by atoms with E-state index in [1.807, 2.05) is 0 Å². The number of benzene rings is 3. The molecule has 3 aromatic carbocycles.